The number of halogens is 1. The Balaban J connectivity index is 2.30. The summed E-state index contributed by atoms with van der Waals surface area (Å²) in [6.07, 6.45) is 0.346. The van der Waals surface area contributed by atoms with Crippen LogP contribution in [0.25, 0.3) is 0 Å². The van der Waals surface area contributed by atoms with Crippen molar-refractivity contribution in [1.29, 1.82) is 0 Å². The van der Waals surface area contributed by atoms with E-state index in [0.29, 0.717) is 11.3 Å². The molecule has 2 rings (SSSR count). The standard InChI is InChI=1S/C10H14ClNO4S3/c1-12(8-3-5-18(13,14)7-8)19(15,16)10-2-4-17-9(10)6-11/h2,4,8H,3,5-7H2,1H3. The SMILES string of the molecule is CN(C1CCS(=O)(=O)C1)S(=O)(=O)c1ccsc1CCl. The van der Waals surface area contributed by atoms with Crippen molar-refractivity contribution >= 4 is 42.8 Å². The molecule has 0 amide bonds. The van der Waals surface area contributed by atoms with Crippen LogP contribution in [0.4, 0.5) is 0 Å². The smallest absolute Gasteiger partial charge is 0.229 e. The van der Waals surface area contributed by atoms with Crippen LogP contribution in [-0.2, 0) is 25.7 Å². The second kappa shape index (κ2) is 5.33. The molecule has 19 heavy (non-hydrogen) atoms. The molecule has 1 atom stereocenters. The van der Waals surface area contributed by atoms with E-state index in [0.717, 1.165) is 4.31 Å². The molecule has 1 fully saturated rings. The third kappa shape index (κ3) is 2.97. The van der Waals surface area contributed by atoms with Gasteiger partial charge in [0.05, 0.1) is 22.3 Å². The normalized spacial score (nSPS) is 23.0. The first-order valence-corrected chi connectivity index (χ1v) is 10.3. The molecular weight excluding hydrogens is 330 g/mol. The number of sulfonamides is 1. The van der Waals surface area contributed by atoms with Crippen molar-refractivity contribution in [3.05, 3.63) is 16.3 Å². The van der Waals surface area contributed by atoms with Crippen LogP contribution in [0.15, 0.2) is 16.3 Å². The third-order valence-electron chi connectivity index (χ3n) is 3.21. The van der Waals surface area contributed by atoms with Crippen molar-refractivity contribution in [2.75, 3.05) is 18.6 Å². The van der Waals surface area contributed by atoms with E-state index < -0.39 is 25.9 Å². The van der Waals surface area contributed by atoms with E-state index in [1.807, 2.05) is 0 Å². The Bertz CT molecular complexity index is 665. The number of hydrogen-bond acceptors (Lipinski definition) is 5. The van der Waals surface area contributed by atoms with Gasteiger partial charge in [-0.25, -0.2) is 16.8 Å². The van der Waals surface area contributed by atoms with Crippen molar-refractivity contribution in [1.82, 2.24) is 4.31 Å². The van der Waals surface area contributed by atoms with Crippen LogP contribution >= 0.6 is 22.9 Å². The average molecular weight is 344 g/mol. The minimum absolute atomic E-state index is 0.0452. The molecule has 0 aromatic carbocycles. The van der Waals surface area contributed by atoms with Crippen molar-refractivity contribution in [3.63, 3.8) is 0 Å². The van der Waals surface area contributed by atoms with E-state index in [9.17, 15) is 16.8 Å². The molecule has 1 saturated heterocycles. The zero-order valence-electron chi connectivity index (χ0n) is 10.2. The molecule has 0 radical (unpaired) electrons. The maximum Gasteiger partial charge on any atom is 0.244 e. The summed E-state index contributed by atoms with van der Waals surface area (Å²) < 4.78 is 48.9. The molecule has 0 N–H and O–H groups in total. The molecular formula is C10H14ClNO4S3. The molecule has 0 spiro atoms. The summed E-state index contributed by atoms with van der Waals surface area (Å²) in [7, 11) is -5.36. The quantitative estimate of drug-likeness (QED) is 0.772. The van der Waals surface area contributed by atoms with Crippen LogP contribution in [0.2, 0.25) is 0 Å². The lowest BCUT2D eigenvalue weighted by Crippen LogP contribution is -2.37. The summed E-state index contributed by atoms with van der Waals surface area (Å²) in [5.74, 6) is 0.0651. The minimum Gasteiger partial charge on any atom is -0.229 e. The number of alkyl halides is 1. The molecule has 1 aromatic rings. The fraction of sp³-hybridized carbons (Fsp3) is 0.600. The molecule has 0 bridgehead atoms. The van der Waals surface area contributed by atoms with E-state index >= 15 is 0 Å². The second-order valence-corrected chi connectivity index (χ2v) is 9.88. The van der Waals surface area contributed by atoms with Gasteiger partial charge in [-0.3, -0.25) is 0 Å². The highest BCUT2D eigenvalue weighted by Crippen LogP contribution is 2.29. The van der Waals surface area contributed by atoms with E-state index in [2.05, 4.69) is 0 Å². The number of thiophene rings is 1. The van der Waals surface area contributed by atoms with Gasteiger partial charge < -0.3 is 0 Å². The second-order valence-electron chi connectivity index (χ2n) is 4.42. The first-order valence-electron chi connectivity index (χ1n) is 5.59. The van der Waals surface area contributed by atoms with Gasteiger partial charge in [-0.15, -0.1) is 22.9 Å². The Labute approximate surface area is 122 Å². The zero-order valence-corrected chi connectivity index (χ0v) is 13.4. The van der Waals surface area contributed by atoms with Gasteiger partial charge >= 0.3 is 0 Å². The van der Waals surface area contributed by atoms with E-state index in [-0.39, 0.29) is 22.3 Å². The molecule has 0 saturated carbocycles. The Morgan fingerprint density at radius 3 is 2.74 bits per heavy atom. The molecule has 1 aromatic heterocycles. The topological polar surface area (TPSA) is 71.5 Å². The van der Waals surface area contributed by atoms with Crippen molar-refractivity contribution < 1.29 is 16.8 Å². The summed E-state index contributed by atoms with van der Waals surface area (Å²) in [4.78, 5) is 0.758. The molecule has 9 heteroatoms. The van der Waals surface area contributed by atoms with Gasteiger partial charge in [-0.2, -0.15) is 4.31 Å². The van der Waals surface area contributed by atoms with E-state index in [4.69, 9.17) is 11.6 Å². The van der Waals surface area contributed by atoms with Gasteiger partial charge in [0.2, 0.25) is 10.0 Å². The lowest BCUT2D eigenvalue weighted by Gasteiger charge is -2.22. The van der Waals surface area contributed by atoms with E-state index in [1.54, 1.807) is 5.38 Å². The predicted molar refractivity (Wildman–Crippen MR) is 75.9 cm³/mol. The fourth-order valence-electron chi connectivity index (χ4n) is 2.07. The van der Waals surface area contributed by atoms with Crippen molar-refractivity contribution in [2.45, 2.75) is 23.2 Å². The maximum atomic E-state index is 12.5. The van der Waals surface area contributed by atoms with Gasteiger partial charge in [-0.05, 0) is 17.9 Å². The highest BCUT2D eigenvalue weighted by Gasteiger charge is 2.37. The minimum atomic E-state index is -3.68. The Morgan fingerprint density at radius 1 is 1.53 bits per heavy atom. The lowest BCUT2D eigenvalue weighted by molar-refractivity contribution is 0.394. The molecule has 108 valence electrons. The highest BCUT2D eigenvalue weighted by molar-refractivity contribution is 7.92. The fourth-order valence-corrected chi connectivity index (χ4v) is 7.00. The molecule has 1 unspecified atom stereocenters. The number of hydrogen-bond donors (Lipinski definition) is 0. The van der Waals surface area contributed by atoms with Crippen LogP contribution < -0.4 is 0 Å². The first-order chi connectivity index (χ1) is 8.78. The van der Waals surface area contributed by atoms with Crippen molar-refractivity contribution in [3.8, 4) is 0 Å². The largest absolute Gasteiger partial charge is 0.244 e. The Morgan fingerprint density at radius 2 is 2.21 bits per heavy atom. The van der Waals surface area contributed by atoms with Crippen LogP contribution in [-0.4, -0.2) is 45.7 Å². The maximum absolute atomic E-state index is 12.5. The summed E-state index contributed by atoms with van der Waals surface area (Å²) in [6, 6.07) is 1.02. The molecule has 0 aliphatic carbocycles. The number of sulfone groups is 1. The van der Waals surface area contributed by atoms with Gasteiger partial charge in [0, 0.05) is 18.0 Å². The van der Waals surface area contributed by atoms with Gasteiger partial charge in [0.1, 0.15) is 0 Å². The monoisotopic (exact) mass is 343 g/mol. The Kier molecular flexibility index (Phi) is 4.27. The highest BCUT2D eigenvalue weighted by atomic mass is 35.5. The summed E-state index contributed by atoms with van der Waals surface area (Å²) in [5, 5.41) is 1.67. The lowest BCUT2D eigenvalue weighted by atomic mass is 10.3. The van der Waals surface area contributed by atoms with Crippen LogP contribution in [0.5, 0.6) is 0 Å². The average Bonchev–Trinajstić information content (AvgIpc) is 2.94. The van der Waals surface area contributed by atoms with Gasteiger partial charge in [-0.1, -0.05) is 0 Å². The van der Waals surface area contributed by atoms with Gasteiger partial charge in [0.15, 0.2) is 9.84 Å². The third-order valence-corrected chi connectivity index (χ3v) is 8.43. The zero-order chi connectivity index (χ0) is 14.3. The molecule has 1 aliphatic heterocycles. The molecule has 5 nitrogen and oxygen atoms in total. The van der Waals surface area contributed by atoms with Crippen LogP contribution in [0.3, 0.4) is 0 Å². The molecule has 1 aliphatic rings. The van der Waals surface area contributed by atoms with E-state index in [1.165, 1.54) is 24.5 Å². The number of nitrogens with zero attached hydrogens (tertiary/aromatic N) is 1. The Hall–Kier alpha value is -0.150. The van der Waals surface area contributed by atoms with Crippen LogP contribution in [0, 0.1) is 0 Å². The molecule has 2 heterocycles. The summed E-state index contributed by atoms with van der Waals surface area (Å²) in [6.45, 7) is 0. The number of rotatable bonds is 4. The summed E-state index contributed by atoms with van der Waals surface area (Å²) >= 11 is 7.00. The van der Waals surface area contributed by atoms with Gasteiger partial charge in [0.25, 0.3) is 0 Å². The predicted octanol–water partition coefficient (Wildman–Crippen LogP) is 1.29. The van der Waals surface area contributed by atoms with Crippen LogP contribution in [0.1, 0.15) is 11.3 Å². The summed E-state index contributed by atoms with van der Waals surface area (Å²) in [5.41, 5.74) is 0. The van der Waals surface area contributed by atoms with Crippen molar-refractivity contribution in [2.24, 2.45) is 0 Å². The first kappa shape index (κ1) is 15.2.